The molecule has 2 rings (SSSR count). The minimum Gasteiger partial charge on any atom is -0.394 e. The summed E-state index contributed by atoms with van der Waals surface area (Å²) in [6.07, 6.45) is 0.889. The Morgan fingerprint density at radius 1 is 1.32 bits per heavy atom. The molecule has 0 amide bonds. The highest BCUT2D eigenvalue weighted by atomic mass is 16.3. The van der Waals surface area contributed by atoms with Gasteiger partial charge in [-0.3, -0.25) is 14.6 Å². The molecule has 0 aliphatic rings. The van der Waals surface area contributed by atoms with Gasteiger partial charge in [0.2, 0.25) is 0 Å². The zero-order chi connectivity index (χ0) is 16.9. The first kappa shape index (κ1) is 17.4. The Kier molecular flexibility index (Phi) is 5.83. The molecule has 11 heteroatoms. The van der Waals surface area contributed by atoms with Gasteiger partial charge in [0.25, 0.3) is 5.56 Å². The Bertz CT molecular complexity index is 657. The van der Waals surface area contributed by atoms with E-state index in [0.717, 1.165) is 0 Å². The second kappa shape index (κ2) is 7.38. The van der Waals surface area contributed by atoms with Crippen LogP contribution in [-0.4, -0.2) is 42.5 Å². The fraction of sp³-hybridized carbons (Fsp3) is 0.455. The van der Waals surface area contributed by atoms with Crippen molar-refractivity contribution in [2.75, 3.05) is 29.5 Å². The van der Waals surface area contributed by atoms with E-state index < -0.39 is 11.7 Å². The number of hydrogen-bond donors (Lipinski definition) is 7. The highest BCUT2D eigenvalue weighted by molar-refractivity contribution is 5.57. The number of anilines is 4. The van der Waals surface area contributed by atoms with E-state index in [9.17, 15) is 4.79 Å². The second-order valence-corrected chi connectivity index (χ2v) is 4.63. The predicted octanol–water partition coefficient (Wildman–Crippen LogP) is -2.24. The van der Waals surface area contributed by atoms with Crippen molar-refractivity contribution in [3.05, 3.63) is 16.6 Å². The molecule has 11 N–H and O–H groups in total. The standard InChI is InChI=1S/C6H12N4O2.C5H10N4O/c1-3(11)2-10-5(8)4(7)6(12)9-10;6-4-3-8-9(1-2-10)5(4)7/h3,11H,2,7-8H2,1H3,(H,9,12);3,10H,1-2,6-7H2. The molecule has 0 spiro atoms. The Hall–Kier alpha value is -2.66. The van der Waals surface area contributed by atoms with Crippen molar-refractivity contribution in [1.82, 2.24) is 19.6 Å². The first-order valence-electron chi connectivity index (χ1n) is 6.47. The fourth-order valence-electron chi connectivity index (χ4n) is 1.60. The number of nitrogen functional groups attached to an aromatic ring is 4. The smallest absolute Gasteiger partial charge is 0.289 e. The maximum absolute atomic E-state index is 10.9. The van der Waals surface area contributed by atoms with Crippen molar-refractivity contribution in [1.29, 1.82) is 0 Å². The van der Waals surface area contributed by atoms with E-state index in [4.69, 9.17) is 33.1 Å². The summed E-state index contributed by atoms with van der Waals surface area (Å²) in [6, 6.07) is 0. The van der Waals surface area contributed by atoms with Crippen LogP contribution < -0.4 is 28.5 Å². The lowest BCUT2D eigenvalue weighted by Gasteiger charge is -2.06. The third-order valence-corrected chi connectivity index (χ3v) is 2.72. The van der Waals surface area contributed by atoms with Crippen LogP contribution in [0.15, 0.2) is 11.0 Å². The number of aliphatic hydroxyl groups is 2. The molecule has 1 unspecified atom stereocenters. The van der Waals surface area contributed by atoms with Crippen molar-refractivity contribution in [2.24, 2.45) is 0 Å². The maximum Gasteiger partial charge on any atom is 0.289 e. The molecule has 0 aromatic carbocycles. The molecule has 0 saturated carbocycles. The molecule has 0 radical (unpaired) electrons. The van der Waals surface area contributed by atoms with Crippen molar-refractivity contribution in [3.8, 4) is 0 Å². The van der Waals surface area contributed by atoms with Crippen LogP contribution >= 0.6 is 0 Å². The fourth-order valence-corrected chi connectivity index (χ4v) is 1.60. The van der Waals surface area contributed by atoms with E-state index in [-0.39, 0.29) is 24.7 Å². The number of nitrogens with zero attached hydrogens (tertiary/aromatic N) is 3. The van der Waals surface area contributed by atoms with Gasteiger partial charge in [-0.2, -0.15) is 5.10 Å². The van der Waals surface area contributed by atoms with Crippen molar-refractivity contribution in [2.45, 2.75) is 26.1 Å². The van der Waals surface area contributed by atoms with Crippen LogP contribution in [0.2, 0.25) is 0 Å². The van der Waals surface area contributed by atoms with Crippen molar-refractivity contribution < 1.29 is 10.2 Å². The second-order valence-electron chi connectivity index (χ2n) is 4.63. The predicted molar refractivity (Wildman–Crippen MR) is 83.7 cm³/mol. The molecule has 2 aromatic heterocycles. The van der Waals surface area contributed by atoms with Crippen LogP contribution in [0.5, 0.6) is 0 Å². The monoisotopic (exact) mass is 314 g/mol. The molecule has 0 aliphatic heterocycles. The largest absolute Gasteiger partial charge is 0.394 e. The SMILES string of the molecule is CC(O)Cn1[nH]c(=O)c(N)c1N.Nc1cnn(CCO)c1N. The average molecular weight is 314 g/mol. The topological polar surface area (TPSA) is 200 Å². The van der Waals surface area contributed by atoms with E-state index in [1.165, 1.54) is 15.6 Å². The van der Waals surface area contributed by atoms with Crippen LogP contribution in [-0.2, 0) is 13.1 Å². The first-order chi connectivity index (χ1) is 10.3. The van der Waals surface area contributed by atoms with E-state index in [1.807, 2.05) is 0 Å². The third-order valence-electron chi connectivity index (χ3n) is 2.72. The quantitative estimate of drug-likeness (QED) is 0.328. The number of aromatic amines is 1. The summed E-state index contributed by atoms with van der Waals surface area (Å²) < 4.78 is 2.78. The molecule has 0 bridgehead atoms. The van der Waals surface area contributed by atoms with Gasteiger partial charge < -0.3 is 33.1 Å². The zero-order valence-electron chi connectivity index (χ0n) is 12.2. The van der Waals surface area contributed by atoms with E-state index in [0.29, 0.717) is 18.1 Å². The minimum absolute atomic E-state index is 0.00403. The van der Waals surface area contributed by atoms with Gasteiger partial charge in [0.15, 0.2) is 0 Å². The molecule has 22 heavy (non-hydrogen) atoms. The molecule has 0 fully saturated rings. The zero-order valence-corrected chi connectivity index (χ0v) is 12.2. The van der Waals surface area contributed by atoms with Crippen LogP contribution in [0.3, 0.4) is 0 Å². The summed E-state index contributed by atoms with van der Waals surface area (Å²) in [4.78, 5) is 10.9. The van der Waals surface area contributed by atoms with Crippen LogP contribution in [0.1, 0.15) is 6.92 Å². The molecule has 1 atom stereocenters. The minimum atomic E-state index is -0.574. The Balaban J connectivity index is 0.000000224. The first-order valence-corrected chi connectivity index (χ1v) is 6.47. The van der Waals surface area contributed by atoms with Gasteiger partial charge in [0.1, 0.15) is 17.3 Å². The molecule has 0 aliphatic carbocycles. The van der Waals surface area contributed by atoms with Gasteiger partial charge in [0, 0.05) is 0 Å². The molecular formula is C11H22N8O3. The van der Waals surface area contributed by atoms with Gasteiger partial charge in [-0.25, -0.2) is 4.68 Å². The number of hydrogen-bond acceptors (Lipinski definition) is 8. The van der Waals surface area contributed by atoms with Gasteiger partial charge in [-0.05, 0) is 6.92 Å². The molecule has 11 nitrogen and oxygen atoms in total. The van der Waals surface area contributed by atoms with Gasteiger partial charge in [-0.1, -0.05) is 0 Å². The highest BCUT2D eigenvalue weighted by Gasteiger charge is 2.08. The Morgan fingerprint density at radius 2 is 1.95 bits per heavy atom. The summed E-state index contributed by atoms with van der Waals surface area (Å²) in [5.74, 6) is 0.579. The maximum atomic E-state index is 10.9. The average Bonchev–Trinajstić information content (AvgIpc) is 2.88. The van der Waals surface area contributed by atoms with E-state index in [2.05, 4.69) is 10.2 Å². The lowest BCUT2D eigenvalue weighted by molar-refractivity contribution is 0.169. The van der Waals surface area contributed by atoms with Gasteiger partial charge in [-0.15, -0.1) is 0 Å². The number of nitrogens with one attached hydrogen (secondary N) is 1. The lowest BCUT2D eigenvalue weighted by atomic mass is 10.4. The van der Waals surface area contributed by atoms with Gasteiger partial charge >= 0.3 is 0 Å². The lowest BCUT2D eigenvalue weighted by Crippen LogP contribution is -2.16. The molecule has 0 saturated heterocycles. The van der Waals surface area contributed by atoms with Crippen LogP contribution in [0, 0.1) is 0 Å². The van der Waals surface area contributed by atoms with Crippen LogP contribution in [0.25, 0.3) is 0 Å². The normalized spacial score (nSPS) is 11.8. The summed E-state index contributed by atoms with van der Waals surface area (Å²) in [7, 11) is 0. The highest BCUT2D eigenvalue weighted by Crippen LogP contribution is 2.11. The number of H-pyrrole nitrogens is 1. The van der Waals surface area contributed by atoms with E-state index >= 15 is 0 Å². The summed E-state index contributed by atoms with van der Waals surface area (Å²) >= 11 is 0. The number of nitrogens with two attached hydrogens (primary N) is 4. The number of rotatable bonds is 4. The Labute approximate surface area is 126 Å². The Morgan fingerprint density at radius 3 is 2.32 bits per heavy atom. The molecule has 2 heterocycles. The molecule has 124 valence electrons. The third kappa shape index (κ3) is 4.17. The van der Waals surface area contributed by atoms with Crippen molar-refractivity contribution >= 4 is 23.0 Å². The number of aromatic nitrogens is 4. The summed E-state index contributed by atoms with van der Waals surface area (Å²) in [5.41, 5.74) is 21.6. The van der Waals surface area contributed by atoms with Crippen molar-refractivity contribution in [3.63, 3.8) is 0 Å². The molecule has 2 aromatic rings. The molecular weight excluding hydrogens is 292 g/mol. The van der Waals surface area contributed by atoms with Gasteiger partial charge in [0.05, 0.1) is 37.7 Å². The number of aliphatic hydroxyl groups excluding tert-OH is 2. The summed E-state index contributed by atoms with van der Waals surface area (Å²) in [6.45, 7) is 2.24. The van der Waals surface area contributed by atoms with E-state index in [1.54, 1.807) is 6.92 Å². The summed E-state index contributed by atoms with van der Waals surface area (Å²) in [5, 5.41) is 23.7. The van der Waals surface area contributed by atoms with Crippen LogP contribution in [0.4, 0.5) is 23.0 Å².